The zero-order valence-electron chi connectivity index (χ0n) is 15.9. The van der Waals surface area contributed by atoms with Crippen molar-refractivity contribution in [2.75, 3.05) is 19.7 Å². The summed E-state index contributed by atoms with van der Waals surface area (Å²) in [6.45, 7) is 3.54. The van der Waals surface area contributed by atoms with Crippen LogP contribution in [0.3, 0.4) is 0 Å². The van der Waals surface area contributed by atoms with Crippen molar-refractivity contribution in [1.82, 2.24) is 5.32 Å². The molecule has 0 aliphatic carbocycles. The minimum absolute atomic E-state index is 0.0440. The normalized spacial score (nSPS) is 19.4. The predicted octanol–water partition coefficient (Wildman–Crippen LogP) is 4.58. The average Bonchev–Trinajstić information content (AvgIpc) is 2.71. The van der Waals surface area contributed by atoms with Crippen LogP contribution in [0.2, 0.25) is 5.02 Å². The maximum absolute atomic E-state index is 13.8. The molecule has 1 saturated heterocycles. The van der Waals surface area contributed by atoms with Gasteiger partial charge in [-0.2, -0.15) is 0 Å². The second kappa shape index (κ2) is 9.39. The second-order valence-electron chi connectivity index (χ2n) is 7.25. The maximum atomic E-state index is 13.8. The van der Waals surface area contributed by atoms with E-state index in [1.165, 1.54) is 6.07 Å². The molecule has 2 N–H and O–H groups in total. The summed E-state index contributed by atoms with van der Waals surface area (Å²) in [7, 11) is 0. The predicted molar refractivity (Wildman–Crippen MR) is 108 cm³/mol. The Morgan fingerprint density at radius 3 is 2.75 bits per heavy atom. The fraction of sp³-hybridized carbons (Fsp3) is 0.409. The highest BCUT2D eigenvalue weighted by atomic mass is 35.5. The number of rotatable bonds is 7. The lowest BCUT2D eigenvalue weighted by Gasteiger charge is -2.29. The molecule has 4 nitrogen and oxygen atoms in total. The van der Waals surface area contributed by atoms with E-state index in [-0.39, 0.29) is 17.6 Å². The Hall–Kier alpha value is -2.11. The third-order valence-electron chi connectivity index (χ3n) is 5.31. The van der Waals surface area contributed by atoms with Crippen molar-refractivity contribution >= 4 is 17.6 Å². The van der Waals surface area contributed by atoms with Gasteiger partial charge in [-0.1, -0.05) is 41.9 Å². The molecule has 1 aliphatic rings. The summed E-state index contributed by atoms with van der Waals surface area (Å²) in [5.74, 6) is -1.43. The van der Waals surface area contributed by atoms with Crippen LogP contribution in [0.15, 0.2) is 36.4 Å². The number of piperidine rings is 1. The molecule has 2 atom stereocenters. The van der Waals surface area contributed by atoms with E-state index in [4.69, 9.17) is 16.3 Å². The number of benzene rings is 2. The number of aryl methyl sites for hydroxylation is 2. The lowest BCUT2D eigenvalue weighted by atomic mass is 9.81. The molecule has 2 aromatic rings. The van der Waals surface area contributed by atoms with Gasteiger partial charge in [0.05, 0.1) is 17.5 Å². The minimum atomic E-state index is -0.750. The topological polar surface area (TPSA) is 58.6 Å². The summed E-state index contributed by atoms with van der Waals surface area (Å²) in [4.78, 5) is 11.5. The van der Waals surface area contributed by atoms with Crippen molar-refractivity contribution in [3.8, 4) is 5.75 Å². The quantitative estimate of drug-likeness (QED) is 0.662. The molecule has 0 aromatic heterocycles. The lowest BCUT2D eigenvalue weighted by Crippen LogP contribution is -2.39. The Labute approximate surface area is 169 Å². The zero-order valence-corrected chi connectivity index (χ0v) is 16.6. The number of nitrogens with one attached hydrogen (secondary N) is 1. The van der Waals surface area contributed by atoms with Gasteiger partial charge in [-0.15, -0.1) is 0 Å². The molecular formula is C22H25ClFNO3. The first-order valence-corrected chi connectivity index (χ1v) is 9.95. The Balaban J connectivity index is 1.54. The van der Waals surface area contributed by atoms with Gasteiger partial charge >= 0.3 is 5.97 Å². The van der Waals surface area contributed by atoms with E-state index in [2.05, 4.69) is 5.32 Å². The first kappa shape index (κ1) is 20.6. The molecule has 28 heavy (non-hydrogen) atoms. The van der Waals surface area contributed by atoms with Crippen molar-refractivity contribution in [3.05, 3.63) is 63.9 Å². The van der Waals surface area contributed by atoms with Crippen molar-refractivity contribution in [2.24, 2.45) is 5.92 Å². The van der Waals surface area contributed by atoms with E-state index in [0.717, 1.165) is 42.5 Å². The van der Waals surface area contributed by atoms with Gasteiger partial charge < -0.3 is 15.2 Å². The molecule has 0 amide bonds. The Bertz CT molecular complexity index is 825. The lowest BCUT2D eigenvalue weighted by molar-refractivity contribution is -0.142. The Morgan fingerprint density at radius 1 is 1.29 bits per heavy atom. The third kappa shape index (κ3) is 4.83. The van der Waals surface area contributed by atoms with Crippen molar-refractivity contribution in [2.45, 2.75) is 32.1 Å². The van der Waals surface area contributed by atoms with Crippen LogP contribution in [0.5, 0.6) is 5.75 Å². The monoisotopic (exact) mass is 405 g/mol. The number of carboxylic acids is 1. The van der Waals surface area contributed by atoms with Crippen LogP contribution in [-0.4, -0.2) is 30.8 Å². The molecule has 6 heteroatoms. The molecule has 0 radical (unpaired) electrons. The van der Waals surface area contributed by atoms with Crippen LogP contribution in [0.1, 0.15) is 35.4 Å². The van der Waals surface area contributed by atoms with Crippen LogP contribution < -0.4 is 10.1 Å². The summed E-state index contributed by atoms with van der Waals surface area (Å²) in [6.07, 6.45) is 2.35. The molecular weight excluding hydrogens is 381 g/mol. The summed E-state index contributed by atoms with van der Waals surface area (Å²) >= 11 is 6.11. The number of halogens is 2. The van der Waals surface area contributed by atoms with Crippen molar-refractivity contribution < 1.29 is 19.0 Å². The Morgan fingerprint density at radius 2 is 2.04 bits per heavy atom. The van der Waals surface area contributed by atoms with Gasteiger partial charge in [0.1, 0.15) is 0 Å². The molecule has 1 fully saturated rings. The highest BCUT2D eigenvalue weighted by molar-refractivity contribution is 6.32. The number of ether oxygens (including phenoxy) is 1. The molecule has 0 spiro atoms. The van der Waals surface area contributed by atoms with Crippen LogP contribution in [0.25, 0.3) is 0 Å². The van der Waals surface area contributed by atoms with Crippen LogP contribution in [-0.2, 0) is 11.2 Å². The SMILES string of the molecule is Cc1ccc(F)c(OCCCc2ccc(C3CCNCC3C(=O)O)cc2)c1Cl. The minimum Gasteiger partial charge on any atom is -0.489 e. The molecule has 150 valence electrons. The first-order chi connectivity index (χ1) is 13.5. The van der Waals surface area contributed by atoms with E-state index in [1.54, 1.807) is 6.07 Å². The van der Waals surface area contributed by atoms with Gasteiger partial charge in [-0.3, -0.25) is 4.79 Å². The van der Waals surface area contributed by atoms with Crippen LogP contribution in [0, 0.1) is 18.7 Å². The summed E-state index contributed by atoms with van der Waals surface area (Å²) in [6, 6.07) is 11.1. The van der Waals surface area contributed by atoms with Gasteiger partial charge in [-0.05, 0) is 61.4 Å². The van der Waals surface area contributed by atoms with Gasteiger partial charge in [0.15, 0.2) is 11.6 Å². The third-order valence-corrected chi connectivity index (χ3v) is 5.78. The average molecular weight is 406 g/mol. The van der Waals surface area contributed by atoms with Crippen LogP contribution in [0.4, 0.5) is 4.39 Å². The first-order valence-electron chi connectivity index (χ1n) is 9.57. The number of carboxylic acid groups (broad SMARTS) is 1. The number of hydrogen-bond acceptors (Lipinski definition) is 3. The standard InChI is InChI=1S/C22H25ClFNO3/c1-14-4-9-19(24)21(20(14)23)28-12-2-3-15-5-7-16(8-6-15)17-10-11-25-13-18(17)22(26)27/h4-9,17-18,25H,2-3,10-13H2,1H3,(H,26,27). The zero-order chi connectivity index (χ0) is 20.1. The number of carbonyl (C=O) groups is 1. The maximum Gasteiger partial charge on any atom is 0.308 e. The number of aliphatic carboxylic acids is 1. The molecule has 0 bridgehead atoms. The molecule has 1 heterocycles. The molecule has 0 saturated carbocycles. The highest BCUT2D eigenvalue weighted by Gasteiger charge is 2.31. The van der Waals surface area contributed by atoms with E-state index in [0.29, 0.717) is 18.2 Å². The summed E-state index contributed by atoms with van der Waals surface area (Å²) in [5.41, 5.74) is 3.00. The highest BCUT2D eigenvalue weighted by Crippen LogP contribution is 2.32. The molecule has 2 aromatic carbocycles. The number of hydrogen-bond donors (Lipinski definition) is 2. The van der Waals surface area contributed by atoms with Crippen molar-refractivity contribution in [3.63, 3.8) is 0 Å². The smallest absolute Gasteiger partial charge is 0.308 e. The van der Waals surface area contributed by atoms with E-state index in [9.17, 15) is 14.3 Å². The fourth-order valence-electron chi connectivity index (χ4n) is 3.66. The summed E-state index contributed by atoms with van der Waals surface area (Å²) < 4.78 is 19.4. The molecule has 2 unspecified atom stereocenters. The fourth-order valence-corrected chi connectivity index (χ4v) is 3.87. The van der Waals surface area contributed by atoms with Gasteiger partial charge in [0.25, 0.3) is 0 Å². The van der Waals surface area contributed by atoms with E-state index in [1.807, 2.05) is 31.2 Å². The second-order valence-corrected chi connectivity index (χ2v) is 7.62. The summed E-state index contributed by atoms with van der Waals surface area (Å²) in [5, 5.41) is 12.9. The van der Waals surface area contributed by atoms with Gasteiger partial charge in [-0.25, -0.2) is 4.39 Å². The largest absolute Gasteiger partial charge is 0.489 e. The molecule has 1 aliphatic heterocycles. The molecule has 3 rings (SSSR count). The Kier molecular flexibility index (Phi) is 6.92. The van der Waals surface area contributed by atoms with Gasteiger partial charge in [0.2, 0.25) is 0 Å². The van der Waals surface area contributed by atoms with Gasteiger partial charge in [0, 0.05) is 6.54 Å². The van der Waals surface area contributed by atoms with Crippen molar-refractivity contribution in [1.29, 1.82) is 0 Å². The van der Waals surface area contributed by atoms with E-state index >= 15 is 0 Å². The van der Waals surface area contributed by atoms with Crippen LogP contribution >= 0.6 is 11.6 Å². The van der Waals surface area contributed by atoms with E-state index < -0.39 is 11.8 Å².